The topological polar surface area (TPSA) is 55.8 Å². The van der Waals surface area contributed by atoms with Gasteiger partial charge in [-0.1, -0.05) is 54.1 Å². The minimum absolute atomic E-state index is 0.319. The van der Waals surface area contributed by atoms with Crippen LogP contribution in [0.25, 0.3) is 6.08 Å². The van der Waals surface area contributed by atoms with Crippen molar-refractivity contribution >= 4 is 46.3 Å². The number of carbonyl (C=O) groups excluding carboxylic acids is 2. The Hall–Kier alpha value is -3.48. The number of carbonyl (C=O) groups is 2. The molecule has 1 aliphatic heterocycles. The van der Waals surface area contributed by atoms with Crippen LogP contribution in [0, 0.1) is 0 Å². The fraction of sp³-hybridized carbons (Fsp3) is 0.143. The van der Waals surface area contributed by atoms with E-state index in [0.717, 1.165) is 33.4 Å². The highest BCUT2D eigenvalue weighted by molar-refractivity contribution is 8.19. The van der Waals surface area contributed by atoms with Crippen LogP contribution < -0.4 is 14.4 Å². The summed E-state index contributed by atoms with van der Waals surface area (Å²) in [5.74, 6) is 0.817. The molecule has 35 heavy (non-hydrogen) atoms. The first-order valence-corrected chi connectivity index (χ1v) is 12.3. The van der Waals surface area contributed by atoms with Gasteiger partial charge in [0.15, 0.2) is 11.5 Å². The fourth-order valence-electron chi connectivity index (χ4n) is 3.69. The van der Waals surface area contributed by atoms with Crippen LogP contribution >= 0.6 is 23.4 Å². The molecular formula is C28H24ClNO4S. The van der Waals surface area contributed by atoms with Crippen molar-refractivity contribution in [3.8, 4) is 11.5 Å². The Morgan fingerprint density at radius 1 is 1.03 bits per heavy atom. The third-order valence-electron chi connectivity index (χ3n) is 5.20. The molecule has 3 aromatic carbocycles. The van der Waals surface area contributed by atoms with E-state index in [2.05, 4.69) is 6.58 Å². The van der Waals surface area contributed by atoms with Crippen LogP contribution in [-0.4, -0.2) is 17.8 Å². The molecular weight excluding hydrogens is 482 g/mol. The van der Waals surface area contributed by atoms with Gasteiger partial charge in [-0.3, -0.25) is 9.59 Å². The molecule has 1 aliphatic rings. The summed E-state index contributed by atoms with van der Waals surface area (Å²) in [6.45, 7) is 6.60. The number of halogens is 1. The minimum Gasteiger partial charge on any atom is -0.490 e. The maximum absolute atomic E-state index is 13.1. The smallest absolute Gasteiger partial charge is 0.298 e. The van der Waals surface area contributed by atoms with E-state index in [1.165, 1.54) is 0 Å². The average Bonchev–Trinajstić information content (AvgIpc) is 3.12. The Bertz CT molecular complexity index is 1290. The number of nitrogens with zero attached hydrogens (tertiary/aromatic N) is 1. The highest BCUT2D eigenvalue weighted by Crippen LogP contribution is 2.39. The van der Waals surface area contributed by atoms with E-state index in [4.69, 9.17) is 21.1 Å². The summed E-state index contributed by atoms with van der Waals surface area (Å²) in [7, 11) is 0. The lowest BCUT2D eigenvalue weighted by Crippen LogP contribution is -2.27. The SMILES string of the molecule is C=CCc1cc(/C=C2/SC(=O)N(c3cccc(Cl)c3)C2=O)cc(OCC)c1OCc1ccccc1. The lowest BCUT2D eigenvalue weighted by molar-refractivity contribution is -0.113. The molecule has 0 saturated carbocycles. The molecule has 0 aliphatic carbocycles. The number of imide groups is 1. The molecule has 5 nitrogen and oxygen atoms in total. The molecule has 2 amide bonds. The molecule has 0 spiro atoms. The normalized spacial score (nSPS) is 14.5. The number of rotatable bonds is 9. The van der Waals surface area contributed by atoms with Crippen molar-refractivity contribution < 1.29 is 19.1 Å². The van der Waals surface area contributed by atoms with Crippen LogP contribution in [0.3, 0.4) is 0 Å². The van der Waals surface area contributed by atoms with Crippen LogP contribution in [0.15, 0.2) is 84.3 Å². The Morgan fingerprint density at radius 3 is 2.54 bits per heavy atom. The quantitative estimate of drug-likeness (QED) is 0.226. The van der Waals surface area contributed by atoms with Crippen molar-refractivity contribution in [2.24, 2.45) is 0 Å². The number of hydrogen-bond donors (Lipinski definition) is 0. The molecule has 0 bridgehead atoms. The van der Waals surface area contributed by atoms with Crippen LogP contribution in [0.2, 0.25) is 5.02 Å². The first kappa shape index (κ1) is 24.6. The van der Waals surface area contributed by atoms with Gasteiger partial charge in [0.05, 0.1) is 17.2 Å². The van der Waals surface area contributed by atoms with Crippen LogP contribution in [0.4, 0.5) is 10.5 Å². The fourth-order valence-corrected chi connectivity index (χ4v) is 4.71. The largest absolute Gasteiger partial charge is 0.490 e. The van der Waals surface area contributed by atoms with E-state index < -0.39 is 5.91 Å². The van der Waals surface area contributed by atoms with Crippen molar-refractivity contribution in [3.05, 3.63) is 106 Å². The molecule has 1 fully saturated rings. The Labute approximate surface area is 214 Å². The zero-order valence-electron chi connectivity index (χ0n) is 19.2. The number of hydrogen-bond acceptors (Lipinski definition) is 5. The Kier molecular flexibility index (Phi) is 7.95. The molecule has 7 heteroatoms. The van der Waals surface area contributed by atoms with E-state index in [1.807, 2.05) is 49.4 Å². The third-order valence-corrected chi connectivity index (χ3v) is 6.31. The summed E-state index contributed by atoms with van der Waals surface area (Å²) in [4.78, 5) is 27.2. The molecule has 0 N–H and O–H groups in total. The van der Waals surface area contributed by atoms with Crippen LogP contribution in [-0.2, 0) is 17.8 Å². The highest BCUT2D eigenvalue weighted by atomic mass is 35.5. The van der Waals surface area contributed by atoms with Crippen LogP contribution in [0.1, 0.15) is 23.6 Å². The second-order valence-electron chi connectivity index (χ2n) is 7.70. The molecule has 0 unspecified atom stereocenters. The summed E-state index contributed by atoms with van der Waals surface area (Å²) >= 11 is 6.94. The van der Waals surface area contributed by atoms with Gasteiger partial charge in [0, 0.05) is 10.6 Å². The van der Waals surface area contributed by atoms with Gasteiger partial charge < -0.3 is 9.47 Å². The first-order valence-electron chi connectivity index (χ1n) is 11.1. The zero-order valence-corrected chi connectivity index (χ0v) is 20.8. The molecule has 3 aromatic rings. The molecule has 0 atom stereocenters. The van der Waals surface area contributed by atoms with E-state index in [-0.39, 0.29) is 5.24 Å². The predicted octanol–water partition coefficient (Wildman–Crippen LogP) is 7.29. The standard InChI is InChI=1S/C28H24ClNO4S/c1-3-9-21-14-20(15-24(33-4-2)26(21)34-18-19-10-6-5-7-11-19)16-25-27(31)30(28(32)35-25)23-13-8-12-22(29)17-23/h3,5-8,10-17H,1,4,9,18H2,2H3/b25-16+. The summed E-state index contributed by atoms with van der Waals surface area (Å²) in [6, 6.07) is 20.3. The molecule has 4 rings (SSSR count). The number of amides is 2. The van der Waals surface area contributed by atoms with Gasteiger partial charge in [0.2, 0.25) is 0 Å². The zero-order chi connectivity index (χ0) is 24.8. The van der Waals surface area contributed by atoms with Gasteiger partial charge in [-0.2, -0.15) is 0 Å². The summed E-state index contributed by atoms with van der Waals surface area (Å²) in [6.07, 6.45) is 4.04. The highest BCUT2D eigenvalue weighted by Gasteiger charge is 2.36. The van der Waals surface area contributed by atoms with Gasteiger partial charge in [0.25, 0.3) is 11.1 Å². The molecule has 1 heterocycles. The maximum atomic E-state index is 13.1. The number of benzene rings is 3. The average molecular weight is 506 g/mol. The van der Waals surface area contributed by atoms with Crippen molar-refractivity contribution in [2.75, 3.05) is 11.5 Å². The van der Waals surface area contributed by atoms with Gasteiger partial charge >= 0.3 is 0 Å². The Balaban J connectivity index is 1.67. The summed E-state index contributed by atoms with van der Waals surface area (Å²) in [5.41, 5.74) is 3.09. The minimum atomic E-state index is -0.394. The van der Waals surface area contributed by atoms with Gasteiger partial charge in [0.1, 0.15) is 6.61 Å². The lowest BCUT2D eigenvalue weighted by Gasteiger charge is -2.17. The second-order valence-corrected chi connectivity index (χ2v) is 9.13. The van der Waals surface area contributed by atoms with E-state index in [0.29, 0.717) is 46.7 Å². The van der Waals surface area contributed by atoms with Crippen molar-refractivity contribution in [1.29, 1.82) is 0 Å². The Morgan fingerprint density at radius 2 is 1.83 bits per heavy atom. The molecule has 178 valence electrons. The second kappa shape index (κ2) is 11.3. The van der Waals surface area contributed by atoms with E-state index in [9.17, 15) is 9.59 Å². The van der Waals surface area contributed by atoms with Gasteiger partial charge in [-0.25, -0.2) is 4.90 Å². The monoisotopic (exact) mass is 505 g/mol. The number of thioether (sulfide) groups is 1. The molecule has 0 aromatic heterocycles. The third kappa shape index (κ3) is 5.78. The summed E-state index contributed by atoms with van der Waals surface area (Å²) in [5, 5.41) is 0.0784. The molecule has 1 saturated heterocycles. The predicted molar refractivity (Wildman–Crippen MR) is 142 cm³/mol. The first-order chi connectivity index (χ1) is 17.0. The van der Waals surface area contributed by atoms with E-state index >= 15 is 0 Å². The number of anilines is 1. The summed E-state index contributed by atoms with van der Waals surface area (Å²) < 4.78 is 12.1. The number of ether oxygens (including phenoxy) is 2. The lowest BCUT2D eigenvalue weighted by atomic mass is 10.0. The van der Waals surface area contributed by atoms with Crippen LogP contribution in [0.5, 0.6) is 11.5 Å². The maximum Gasteiger partial charge on any atom is 0.298 e. The van der Waals surface area contributed by atoms with Gasteiger partial charge in [-0.15, -0.1) is 6.58 Å². The van der Waals surface area contributed by atoms with Crippen molar-refractivity contribution in [2.45, 2.75) is 20.0 Å². The van der Waals surface area contributed by atoms with Gasteiger partial charge in [-0.05, 0) is 72.6 Å². The van der Waals surface area contributed by atoms with Crippen molar-refractivity contribution in [3.63, 3.8) is 0 Å². The van der Waals surface area contributed by atoms with E-state index in [1.54, 1.807) is 36.4 Å². The molecule has 0 radical (unpaired) electrons. The number of allylic oxidation sites excluding steroid dienone is 1. The van der Waals surface area contributed by atoms with Crippen molar-refractivity contribution in [1.82, 2.24) is 0 Å².